The molecule has 4 heteroatoms. The molecule has 0 aliphatic carbocycles. The molecule has 0 bridgehead atoms. The van der Waals surface area contributed by atoms with E-state index in [1.165, 1.54) is 12.8 Å². The van der Waals surface area contributed by atoms with Gasteiger partial charge in [-0.15, -0.1) is 0 Å². The second-order valence-electron chi connectivity index (χ2n) is 3.69. The van der Waals surface area contributed by atoms with Crippen molar-refractivity contribution in [2.75, 3.05) is 19.7 Å². The van der Waals surface area contributed by atoms with Gasteiger partial charge in [-0.1, -0.05) is 12.8 Å². The summed E-state index contributed by atoms with van der Waals surface area (Å²) in [5.74, 6) is 0. The first-order valence-corrected chi connectivity index (χ1v) is 5.71. The van der Waals surface area contributed by atoms with Crippen LogP contribution in [-0.4, -0.2) is 34.4 Å². The number of nitrogens with one attached hydrogen (secondary N) is 1. The van der Waals surface area contributed by atoms with E-state index >= 15 is 0 Å². The molecule has 4 nitrogen and oxygen atoms in total. The van der Waals surface area contributed by atoms with Gasteiger partial charge in [-0.05, 0) is 19.4 Å². The molecule has 2 N–H and O–H groups in total. The highest BCUT2D eigenvalue weighted by Gasteiger charge is 1.91. The van der Waals surface area contributed by atoms with Crippen LogP contribution in [0.5, 0.6) is 0 Å². The lowest BCUT2D eigenvalue weighted by atomic mass is 10.2. The summed E-state index contributed by atoms with van der Waals surface area (Å²) in [4.78, 5) is 3.98. The largest absolute Gasteiger partial charge is 0.396 e. The van der Waals surface area contributed by atoms with Crippen molar-refractivity contribution in [1.82, 2.24) is 14.9 Å². The Kier molecular flexibility index (Phi) is 6.86. The van der Waals surface area contributed by atoms with Gasteiger partial charge in [0.05, 0.1) is 6.33 Å². The lowest BCUT2D eigenvalue weighted by Gasteiger charge is -2.04. The van der Waals surface area contributed by atoms with E-state index < -0.39 is 0 Å². The SMILES string of the molecule is OCCCCCCNCCn1ccnc1. The van der Waals surface area contributed by atoms with Gasteiger partial charge < -0.3 is 15.0 Å². The zero-order chi connectivity index (χ0) is 10.8. The van der Waals surface area contributed by atoms with E-state index in [-0.39, 0.29) is 0 Å². The van der Waals surface area contributed by atoms with E-state index in [0.717, 1.165) is 32.5 Å². The molecular weight excluding hydrogens is 190 g/mol. The van der Waals surface area contributed by atoms with Gasteiger partial charge in [-0.2, -0.15) is 0 Å². The summed E-state index contributed by atoms with van der Waals surface area (Å²) in [5.41, 5.74) is 0. The Morgan fingerprint density at radius 3 is 2.73 bits per heavy atom. The molecule has 15 heavy (non-hydrogen) atoms. The zero-order valence-corrected chi connectivity index (χ0v) is 9.23. The maximum Gasteiger partial charge on any atom is 0.0946 e. The Labute approximate surface area is 91.3 Å². The van der Waals surface area contributed by atoms with Crippen LogP contribution in [-0.2, 0) is 6.54 Å². The van der Waals surface area contributed by atoms with Crippen LogP contribution < -0.4 is 5.32 Å². The Hall–Kier alpha value is -0.870. The Morgan fingerprint density at radius 2 is 2.00 bits per heavy atom. The van der Waals surface area contributed by atoms with Crippen molar-refractivity contribution in [3.8, 4) is 0 Å². The number of hydrogen-bond donors (Lipinski definition) is 2. The summed E-state index contributed by atoms with van der Waals surface area (Å²) in [6, 6.07) is 0. The predicted molar refractivity (Wildman–Crippen MR) is 60.7 cm³/mol. The molecule has 86 valence electrons. The number of unbranched alkanes of at least 4 members (excludes halogenated alkanes) is 3. The van der Waals surface area contributed by atoms with Crippen LogP contribution in [0.25, 0.3) is 0 Å². The third-order valence-electron chi connectivity index (χ3n) is 2.37. The summed E-state index contributed by atoms with van der Waals surface area (Å²) in [7, 11) is 0. The number of nitrogens with zero attached hydrogens (tertiary/aromatic N) is 2. The molecule has 0 aliphatic rings. The van der Waals surface area contributed by atoms with Crippen molar-refractivity contribution in [3.05, 3.63) is 18.7 Å². The summed E-state index contributed by atoms with van der Waals surface area (Å²) in [5, 5.41) is 12.0. The number of aliphatic hydroxyl groups excluding tert-OH is 1. The Balaban J connectivity index is 1.81. The van der Waals surface area contributed by atoms with Crippen LogP contribution in [0.4, 0.5) is 0 Å². The fraction of sp³-hybridized carbons (Fsp3) is 0.727. The van der Waals surface area contributed by atoms with Crippen LogP contribution in [0, 0.1) is 0 Å². The molecule has 1 aromatic rings. The molecule has 0 amide bonds. The monoisotopic (exact) mass is 211 g/mol. The maximum atomic E-state index is 8.59. The van der Waals surface area contributed by atoms with Crippen molar-refractivity contribution in [2.45, 2.75) is 32.2 Å². The van der Waals surface area contributed by atoms with Crippen molar-refractivity contribution < 1.29 is 5.11 Å². The number of imidazole rings is 1. The third kappa shape index (κ3) is 6.25. The van der Waals surface area contributed by atoms with E-state index in [0.29, 0.717) is 6.61 Å². The standard InChI is InChI=1S/C11H21N3O/c15-10-4-2-1-3-5-12-6-8-14-9-7-13-11-14/h7,9,11-12,15H,1-6,8,10H2. The van der Waals surface area contributed by atoms with Crippen LogP contribution in [0.1, 0.15) is 25.7 Å². The first kappa shape index (κ1) is 12.2. The second kappa shape index (κ2) is 8.44. The van der Waals surface area contributed by atoms with E-state index in [4.69, 9.17) is 5.11 Å². The molecule has 0 fully saturated rings. The first-order chi connectivity index (χ1) is 7.43. The van der Waals surface area contributed by atoms with E-state index in [1.807, 2.05) is 12.5 Å². The van der Waals surface area contributed by atoms with E-state index in [9.17, 15) is 0 Å². The number of aromatic nitrogens is 2. The minimum absolute atomic E-state index is 0.327. The summed E-state index contributed by atoms with van der Waals surface area (Å²) in [6.45, 7) is 3.38. The summed E-state index contributed by atoms with van der Waals surface area (Å²) in [6.07, 6.45) is 10.1. The molecule has 0 aliphatic heterocycles. The highest BCUT2D eigenvalue weighted by atomic mass is 16.2. The molecule has 0 saturated heterocycles. The van der Waals surface area contributed by atoms with Gasteiger partial charge in [0, 0.05) is 32.1 Å². The Morgan fingerprint density at radius 1 is 1.13 bits per heavy atom. The highest BCUT2D eigenvalue weighted by Crippen LogP contribution is 1.97. The van der Waals surface area contributed by atoms with Crippen LogP contribution in [0.3, 0.4) is 0 Å². The smallest absolute Gasteiger partial charge is 0.0946 e. The lowest BCUT2D eigenvalue weighted by molar-refractivity contribution is 0.282. The van der Waals surface area contributed by atoms with E-state index in [2.05, 4.69) is 14.9 Å². The highest BCUT2D eigenvalue weighted by molar-refractivity contribution is 4.74. The van der Waals surface area contributed by atoms with Crippen LogP contribution in [0.15, 0.2) is 18.7 Å². The summed E-state index contributed by atoms with van der Waals surface area (Å²) < 4.78 is 2.07. The number of hydrogen-bond acceptors (Lipinski definition) is 3. The van der Waals surface area contributed by atoms with Gasteiger partial charge >= 0.3 is 0 Å². The van der Waals surface area contributed by atoms with Gasteiger partial charge in [0.2, 0.25) is 0 Å². The average molecular weight is 211 g/mol. The van der Waals surface area contributed by atoms with Crippen LogP contribution >= 0.6 is 0 Å². The molecule has 0 atom stereocenters. The second-order valence-corrected chi connectivity index (χ2v) is 3.69. The molecular formula is C11H21N3O. The normalized spacial score (nSPS) is 10.7. The van der Waals surface area contributed by atoms with Crippen molar-refractivity contribution in [1.29, 1.82) is 0 Å². The lowest BCUT2D eigenvalue weighted by Crippen LogP contribution is -2.20. The van der Waals surface area contributed by atoms with Gasteiger partial charge in [-0.3, -0.25) is 0 Å². The van der Waals surface area contributed by atoms with Crippen molar-refractivity contribution in [3.63, 3.8) is 0 Å². The van der Waals surface area contributed by atoms with Crippen molar-refractivity contribution >= 4 is 0 Å². The quantitative estimate of drug-likeness (QED) is 0.600. The zero-order valence-electron chi connectivity index (χ0n) is 9.23. The fourth-order valence-corrected chi connectivity index (χ4v) is 1.47. The van der Waals surface area contributed by atoms with Gasteiger partial charge in [0.25, 0.3) is 0 Å². The van der Waals surface area contributed by atoms with E-state index in [1.54, 1.807) is 6.20 Å². The molecule has 0 unspecified atom stereocenters. The molecule has 0 saturated carbocycles. The molecule has 0 aromatic carbocycles. The molecule has 1 rings (SSSR count). The average Bonchev–Trinajstić information content (AvgIpc) is 2.75. The third-order valence-corrected chi connectivity index (χ3v) is 2.37. The Bertz CT molecular complexity index is 224. The summed E-state index contributed by atoms with van der Waals surface area (Å²) >= 11 is 0. The minimum Gasteiger partial charge on any atom is -0.396 e. The molecule has 0 spiro atoms. The van der Waals surface area contributed by atoms with Gasteiger partial charge in [-0.25, -0.2) is 4.98 Å². The molecule has 1 heterocycles. The predicted octanol–water partition coefficient (Wildman–Crippen LogP) is 1.03. The first-order valence-electron chi connectivity index (χ1n) is 5.71. The van der Waals surface area contributed by atoms with Gasteiger partial charge in [0.1, 0.15) is 0 Å². The molecule has 0 radical (unpaired) electrons. The molecule has 1 aromatic heterocycles. The van der Waals surface area contributed by atoms with Crippen molar-refractivity contribution in [2.24, 2.45) is 0 Å². The topological polar surface area (TPSA) is 50.1 Å². The number of aliphatic hydroxyl groups is 1. The fourth-order valence-electron chi connectivity index (χ4n) is 1.47. The maximum absolute atomic E-state index is 8.59. The minimum atomic E-state index is 0.327. The van der Waals surface area contributed by atoms with Gasteiger partial charge in [0.15, 0.2) is 0 Å². The number of rotatable bonds is 9. The van der Waals surface area contributed by atoms with Crippen LogP contribution in [0.2, 0.25) is 0 Å².